The molecule has 0 aromatic heterocycles. The van der Waals surface area contributed by atoms with Crippen molar-refractivity contribution in [3.05, 3.63) is 101 Å². The Morgan fingerprint density at radius 3 is 2.06 bits per heavy atom. The lowest BCUT2D eigenvalue weighted by atomic mass is 10.0. The average molecular weight is 431 g/mol. The highest BCUT2D eigenvalue weighted by atomic mass is 16.5. The first kappa shape index (κ1) is 22.7. The van der Waals surface area contributed by atoms with Gasteiger partial charge in [0.15, 0.2) is 6.61 Å². The molecule has 2 N–H and O–H groups in total. The highest BCUT2D eigenvalue weighted by Gasteiger charge is 2.20. The van der Waals surface area contributed by atoms with E-state index in [9.17, 15) is 14.4 Å². The molecule has 1 unspecified atom stereocenters. The zero-order chi connectivity index (χ0) is 22.9. The van der Waals surface area contributed by atoms with Crippen LogP contribution in [-0.2, 0) is 14.3 Å². The molecule has 0 aliphatic rings. The van der Waals surface area contributed by atoms with Gasteiger partial charge in [-0.15, -0.1) is 0 Å². The third kappa shape index (κ3) is 6.80. The zero-order valence-electron chi connectivity index (χ0n) is 18.1. The van der Waals surface area contributed by atoms with Crippen molar-refractivity contribution in [1.29, 1.82) is 0 Å². The van der Waals surface area contributed by atoms with Crippen LogP contribution in [0.5, 0.6) is 0 Å². The summed E-state index contributed by atoms with van der Waals surface area (Å²) in [6.45, 7) is 3.48. The molecule has 0 saturated carbocycles. The minimum Gasteiger partial charge on any atom is -0.455 e. The molecule has 0 spiro atoms. The summed E-state index contributed by atoms with van der Waals surface area (Å²) in [4.78, 5) is 37.3. The molecule has 6 heteroatoms. The monoisotopic (exact) mass is 430 g/mol. The van der Waals surface area contributed by atoms with Crippen LogP contribution in [0.15, 0.2) is 78.9 Å². The zero-order valence-corrected chi connectivity index (χ0v) is 18.1. The van der Waals surface area contributed by atoms with Gasteiger partial charge < -0.3 is 15.4 Å². The fraction of sp³-hybridized carbons (Fsp3) is 0.192. The van der Waals surface area contributed by atoms with E-state index in [0.717, 1.165) is 16.7 Å². The summed E-state index contributed by atoms with van der Waals surface area (Å²) in [5.74, 6) is -1.30. The first-order chi connectivity index (χ1) is 15.4. The summed E-state index contributed by atoms with van der Waals surface area (Å²) in [7, 11) is 0. The van der Waals surface area contributed by atoms with Crippen molar-refractivity contribution in [2.75, 3.05) is 11.9 Å². The Balaban J connectivity index is 1.59. The highest BCUT2D eigenvalue weighted by molar-refractivity contribution is 5.95. The van der Waals surface area contributed by atoms with Crippen molar-refractivity contribution in [2.45, 2.75) is 26.3 Å². The van der Waals surface area contributed by atoms with Crippen LogP contribution in [0.2, 0.25) is 0 Å². The maximum absolute atomic E-state index is 12.6. The molecule has 32 heavy (non-hydrogen) atoms. The van der Waals surface area contributed by atoms with Gasteiger partial charge in [0.05, 0.1) is 12.5 Å². The van der Waals surface area contributed by atoms with E-state index in [2.05, 4.69) is 10.6 Å². The third-order valence-electron chi connectivity index (χ3n) is 4.78. The van der Waals surface area contributed by atoms with E-state index in [4.69, 9.17) is 4.74 Å². The first-order valence-corrected chi connectivity index (χ1v) is 10.4. The molecule has 6 nitrogen and oxygen atoms in total. The Hall–Kier alpha value is -3.93. The van der Waals surface area contributed by atoms with Crippen LogP contribution in [0, 0.1) is 13.8 Å². The van der Waals surface area contributed by atoms with Gasteiger partial charge in [0.1, 0.15) is 0 Å². The number of ether oxygens (including phenoxy) is 1. The lowest BCUT2D eigenvalue weighted by molar-refractivity contribution is -0.147. The van der Waals surface area contributed by atoms with Crippen LogP contribution in [0.4, 0.5) is 5.69 Å². The van der Waals surface area contributed by atoms with E-state index < -0.39 is 24.5 Å². The quantitative estimate of drug-likeness (QED) is 0.521. The van der Waals surface area contributed by atoms with E-state index in [0.29, 0.717) is 11.3 Å². The molecule has 3 aromatic carbocycles. The lowest BCUT2D eigenvalue weighted by Crippen LogP contribution is -2.31. The number of amides is 2. The van der Waals surface area contributed by atoms with Crippen molar-refractivity contribution in [3.63, 3.8) is 0 Å². The predicted molar refractivity (Wildman–Crippen MR) is 123 cm³/mol. The van der Waals surface area contributed by atoms with Gasteiger partial charge in [-0.05, 0) is 54.8 Å². The maximum Gasteiger partial charge on any atom is 0.308 e. The number of esters is 1. The fourth-order valence-electron chi connectivity index (χ4n) is 3.38. The van der Waals surface area contributed by atoms with Gasteiger partial charge in [0.2, 0.25) is 0 Å². The number of hydrogen-bond acceptors (Lipinski definition) is 4. The largest absolute Gasteiger partial charge is 0.455 e. The molecule has 2 amide bonds. The SMILES string of the molecule is Cc1cc(C)cc(NC(=O)COC(=O)CC(NC(=O)c2ccccc2)c2ccccc2)c1. The molecule has 0 aliphatic carbocycles. The summed E-state index contributed by atoms with van der Waals surface area (Å²) in [6, 6.07) is 23.1. The van der Waals surface area contributed by atoms with Crippen LogP contribution >= 0.6 is 0 Å². The van der Waals surface area contributed by atoms with Gasteiger partial charge in [-0.25, -0.2) is 0 Å². The fourth-order valence-corrected chi connectivity index (χ4v) is 3.38. The molecule has 3 aromatic rings. The lowest BCUT2D eigenvalue weighted by Gasteiger charge is -2.19. The highest BCUT2D eigenvalue weighted by Crippen LogP contribution is 2.18. The summed E-state index contributed by atoms with van der Waals surface area (Å²) in [5.41, 5.74) is 3.97. The molecular weight excluding hydrogens is 404 g/mol. The smallest absolute Gasteiger partial charge is 0.308 e. The number of carbonyl (C=O) groups is 3. The Labute approximate surface area is 187 Å². The summed E-state index contributed by atoms with van der Waals surface area (Å²) >= 11 is 0. The van der Waals surface area contributed by atoms with E-state index >= 15 is 0 Å². The minimum atomic E-state index is -0.584. The average Bonchev–Trinajstić information content (AvgIpc) is 2.77. The Morgan fingerprint density at radius 1 is 0.844 bits per heavy atom. The number of carbonyl (C=O) groups excluding carboxylic acids is 3. The number of anilines is 1. The maximum atomic E-state index is 12.6. The van der Waals surface area contributed by atoms with Crippen molar-refractivity contribution in [2.24, 2.45) is 0 Å². The molecule has 0 fully saturated rings. The summed E-state index contributed by atoms with van der Waals surface area (Å²) in [5, 5.41) is 5.61. The first-order valence-electron chi connectivity index (χ1n) is 10.4. The Bertz CT molecular complexity index is 1060. The number of nitrogens with one attached hydrogen (secondary N) is 2. The van der Waals surface area contributed by atoms with Crippen molar-refractivity contribution < 1.29 is 19.1 Å². The third-order valence-corrected chi connectivity index (χ3v) is 4.78. The number of aryl methyl sites for hydroxylation is 2. The number of benzene rings is 3. The number of rotatable bonds is 8. The van der Waals surface area contributed by atoms with Crippen molar-refractivity contribution in [3.8, 4) is 0 Å². The van der Waals surface area contributed by atoms with Crippen molar-refractivity contribution in [1.82, 2.24) is 5.32 Å². The second-order valence-corrected chi connectivity index (χ2v) is 7.59. The Kier molecular flexibility index (Phi) is 7.75. The van der Waals surface area contributed by atoms with Crippen molar-refractivity contribution >= 4 is 23.5 Å². The van der Waals surface area contributed by atoms with Gasteiger partial charge in [-0.2, -0.15) is 0 Å². The normalized spacial score (nSPS) is 11.3. The second kappa shape index (κ2) is 10.9. The molecule has 0 saturated heterocycles. The van der Waals surface area contributed by atoms with Crippen LogP contribution < -0.4 is 10.6 Å². The second-order valence-electron chi connectivity index (χ2n) is 7.59. The topological polar surface area (TPSA) is 84.5 Å². The number of hydrogen-bond donors (Lipinski definition) is 2. The van der Waals surface area contributed by atoms with E-state index in [-0.39, 0.29) is 12.3 Å². The molecule has 3 rings (SSSR count). The summed E-state index contributed by atoms with van der Waals surface area (Å²) in [6.07, 6.45) is -0.0978. The van der Waals surface area contributed by atoms with Crippen LogP contribution in [0.25, 0.3) is 0 Å². The van der Waals surface area contributed by atoms with Crippen LogP contribution in [-0.4, -0.2) is 24.4 Å². The molecule has 0 heterocycles. The summed E-state index contributed by atoms with van der Waals surface area (Å²) < 4.78 is 5.17. The van der Waals surface area contributed by atoms with Gasteiger partial charge in [-0.3, -0.25) is 14.4 Å². The molecular formula is C26H26N2O4. The molecule has 0 aliphatic heterocycles. The van der Waals surface area contributed by atoms with Gasteiger partial charge in [0, 0.05) is 11.3 Å². The van der Waals surface area contributed by atoms with Crippen LogP contribution in [0.3, 0.4) is 0 Å². The molecule has 1 atom stereocenters. The van der Waals surface area contributed by atoms with E-state index in [1.54, 1.807) is 24.3 Å². The molecule has 164 valence electrons. The van der Waals surface area contributed by atoms with E-state index in [1.165, 1.54) is 0 Å². The predicted octanol–water partition coefficient (Wildman–Crippen LogP) is 4.35. The minimum absolute atomic E-state index is 0.0978. The van der Waals surface area contributed by atoms with Gasteiger partial charge in [0.25, 0.3) is 11.8 Å². The standard InChI is InChI=1S/C26H26N2O4/c1-18-13-19(2)15-22(14-18)27-24(29)17-32-25(30)16-23(20-9-5-3-6-10-20)28-26(31)21-11-7-4-8-12-21/h3-15,23H,16-17H2,1-2H3,(H,27,29)(H,28,31). The van der Waals surface area contributed by atoms with Crippen LogP contribution in [0.1, 0.15) is 39.5 Å². The molecule has 0 radical (unpaired) electrons. The van der Waals surface area contributed by atoms with E-state index in [1.807, 2.05) is 68.4 Å². The van der Waals surface area contributed by atoms with Gasteiger partial charge >= 0.3 is 5.97 Å². The Morgan fingerprint density at radius 2 is 1.44 bits per heavy atom. The molecule has 0 bridgehead atoms. The van der Waals surface area contributed by atoms with Gasteiger partial charge in [-0.1, -0.05) is 54.6 Å².